The zero-order valence-electron chi connectivity index (χ0n) is 22.6. The summed E-state index contributed by atoms with van der Waals surface area (Å²) in [6, 6.07) is 9.64. The molecule has 16 heteroatoms. The first kappa shape index (κ1) is 30.7. The summed E-state index contributed by atoms with van der Waals surface area (Å²) in [7, 11) is 2.56. The average molecular weight is 583 g/mol. The molecule has 0 aliphatic rings. The number of benzene rings is 2. The summed E-state index contributed by atoms with van der Waals surface area (Å²) in [6.45, 7) is 0.543. The lowest BCUT2D eigenvalue weighted by atomic mass is 10.0. The van der Waals surface area contributed by atoms with Crippen LogP contribution >= 0.6 is 0 Å². The smallest absolute Gasteiger partial charge is 0.350 e. The molecule has 4 rings (SSSR count). The van der Waals surface area contributed by atoms with Crippen molar-refractivity contribution in [3.63, 3.8) is 0 Å². The molecule has 1 unspecified atom stereocenters. The number of carbonyl (C=O) groups excluding carboxylic acids is 1. The monoisotopic (exact) mass is 582 g/mol. The number of nitrogens with one attached hydrogen (secondary N) is 3. The molecule has 0 radical (unpaired) electrons. The SMILES string of the molecule is CC(=O)O.COC(=O)COc1cc(OC)cc(C(Nc2ccc(C(=N)N)cc2)c2nn(-c3ncccn3)c(=O)[nH]2)c1F. The molecule has 1 atom stereocenters. The van der Waals surface area contributed by atoms with Crippen LogP contribution in [0.3, 0.4) is 0 Å². The third kappa shape index (κ3) is 7.87. The number of carbonyl (C=O) groups is 2. The minimum atomic E-state index is -1.09. The number of aliphatic carboxylic acids is 1. The number of methoxy groups -OCH3 is 2. The van der Waals surface area contributed by atoms with Crippen LogP contribution in [0.2, 0.25) is 0 Å². The van der Waals surface area contributed by atoms with E-state index in [0.29, 0.717) is 11.3 Å². The topological polar surface area (TPSA) is 220 Å². The molecule has 0 bridgehead atoms. The summed E-state index contributed by atoms with van der Waals surface area (Å²) >= 11 is 0. The van der Waals surface area contributed by atoms with Crippen LogP contribution in [-0.2, 0) is 14.3 Å². The second kappa shape index (κ2) is 14.0. The zero-order chi connectivity index (χ0) is 30.8. The molecule has 4 aromatic rings. The van der Waals surface area contributed by atoms with Crippen molar-refractivity contribution in [2.24, 2.45) is 5.73 Å². The van der Waals surface area contributed by atoms with Gasteiger partial charge in [-0.3, -0.25) is 15.2 Å². The fourth-order valence-electron chi connectivity index (χ4n) is 3.43. The molecule has 15 nitrogen and oxygen atoms in total. The van der Waals surface area contributed by atoms with Gasteiger partial charge in [-0.2, -0.15) is 0 Å². The van der Waals surface area contributed by atoms with E-state index in [1.165, 1.54) is 38.7 Å². The number of carboxylic acid groups (broad SMARTS) is 1. The number of hydrogen-bond donors (Lipinski definition) is 5. The Labute approximate surface area is 237 Å². The largest absolute Gasteiger partial charge is 0.497 e. The number of anilines is 1. The first-order valence-electron chi connectivity index (χ1n) is 12.0. The lowest BCUT2D eigenvalue weighted by molar-refractivity contribution is -0.143. The molecular weight excluding hydrogens is 555 g/mol. The Bertz CT molecular complexity index is 1600. The first-order valence-corrected chi connectivity index (χ1v) is 12.0. The van der Waals surface area contributed by atoms with Crippen molar-refractivity contribution in [2.45, 2.75) is 13.0 Å². The number of carboxylic acids is 1. The Morgan fingerprint density at radius 3 is 2.40 bits per heavy atom. The van der Waals surface area contributed by atoms with Crippen LogP contribution in [0.4, 0.5) is 10.1 Å². The number of nitrogens with zero attached hydrogens (tertiary/aromatic N) is 4. The number of rotatable bonds is 10. The van der Waals surface area contributed by atoms with Crippen LogP contribution in [0.5, 0.6) is 11.5 Å². The Balaban J connectivity index is 0.00000114. The number of H-pyrrole nitrogens is 1. The Hall–Kier alpha value is -5.80. The molecule has 0 amide bonds. The number of nitrogen functional groups attached to an aromatic ring is 1. The van der Waals surface area contributed by atoms with E-state index in [-0.39, 0.29) is 34.7 Å². The van der Waals surface area contributed by atoms with Gasteiger partial charge in [0.15, 0.2) is 24.0 Å². The van der Waals surface area contributed by atoms with Crippen molar-refractivity contribution in [1.82, 2.24) is 24.7 Å². The van der Waals surface area contributed by atoms with Gasteiger partial charge in [-0.05, 0) is 36.4 Å². The van der Waals surface area contributed by atoms with E-state index >= 15 is 4.39 Å². The number of ether oxygens (including phenoxy) is 3. The highest BCUT2D eigenvalue weighted by Gasteiger charge is 2.27. The van der Waals surface area contributed by atoms with Crippen LogP contribution in [0.25, 0.3) is 5.95 Å². The number of esters is 1. The second-order valence-corrected chi connectivity index (χ2v) is 8.26. The first-order chi connectivity index (χ1) is 20.0. The number of amidine groups is 1. The van der Waals surface area contributed by atoms with Gasteiger partial charge in [0, 0.05) is 42.2 Å². The third-order valence-electron chi connectivity index (χ3n) is 5.32. The summed E-state index contributed by atoms with van der Waals surface area (Å²) in [5.41, 5.74) is 5.84. The predicted octanol–water partition coefficient (Wildman–Crippen LogP) is 1.63. The van der Waals surface area contributed by atoms with Crippen LogP contribution in [0.1, 0.15) is 29.9 Å². The van der Waals surface area contributed by atoms with E-state index in [1.54, 1.807) is 30.3 Å². The van der Waals surface area contributed by atoms with E-state index in [0.717, 1.165) is 11.6 Å². The second-order valence-electron chi connectivity index (χ2n) is 8.26. The quantitative estimate of drug-likeness (QED) is 0.102. The van der Waals surface area contributed by atoms with Crippen molar-refractivity contribution in [3.05, 3.63) is 88.1 Å². The van der Waals surface area contributed by atoms with Crippen molar-refractivity contribution in [1.29, 1.82) is 5.41 Å². The number of halogens is 1. The molecule has 42 heavy (non-hydrogen) atoms. The number of hydrogen-bond acceptors (Lipinski definition) is 11. The lowest BCUT2D eigenvalue weighted by Crippen LogP contribution is -2.18. The molecule has 0 saturated carbocycles. The van der Waals surface area contributed by atoms with E-state index in [2.05, 4.69) is 30.1 Å². The van der Waals surface area contributed by atoms with E-state index in [1.807, 2.05) is 0 Å². The standard InChI is InChI=1S/C24H23FN8O5.C2H4O2/c1-36-15-10-16(19(25)17(11-15)38-12-18(34)37-2)20(30-14-6-4-13(5-7-14)21(26)27)22-31-24(35)33(32-22)23-28-8-3-9-29-23;1-2(3)4/h3-11,20,30H,12H2,1-2H3,(H3,26,27)(H,31,32,35);1H3,(H,3,4). The van der Waals surface area contributed by atoms with Crippen LogP contribution in [0, 0.1) is 11.2 Å². The van der Waals surface area contributed by atoms with Gasteiger partial charge in [0.1, 0.15) is 17.6 Å². The molecular formula is C26H27FN8O7. The zero-order valence-corrected chi connectivity index (χ0v) is 22.6. The van der Waals surface area contributed by atoms with Crippen molar-refractivity contribution in [3.8, 4) is 17.4 Å². The van der Waals surface area contributed by atoms with E-state index in [4.69, 9.17) is 30.5 Å². The average Bonchev–Trinajstić information content (AvgIpc) is 3.36. The molecule has 6 N–H and O–H groups in total. The van der Waals surface area contributed by atoms with Gasteiger partial charge >= 0.3 is 11.7 Å². The van der Waals surface area contributed by atoms with Gasteiger partial charge in [-0.25, -0.2) is 23.9 Å². The molecule has 0 saturated heterocycles. The molecule has 2 aromatic carbocycles. The number of aromatic nitrogens is 5. The molecule has 0 fully saturated rings. The summed E-state index contributed by atoms with van der Waals surface area (Å²) < 4.78 is 32.0. The Kier molecular flexibility index (Phi) is 10.3. The van der Waals surface area contributed by atoms with Crippen LogP contribution in [0.15, 0.2) is 59.7 Å². The maximum Gasteiger partial charge on any atom is 0.350 e. The Morgan fingerprint density at radius 1 is 1.19 bits per heavy atom. The summed E-state index contributed by atoms with van der Waals surface area (Å²) in [5, 5.41) is 22.4. The molecule has 2 heterocycles. The highest BCUT2D eigenvalue weighted by atomic mass is 19.1. The van der Waals surface area contributed by atoms with Gasteiger partial charge in [-0.15, -0.1) is 9.78 Å². The molecule has 0 aliphatic carbocycles. The fourth-order valence-corrected chi connectivity index (χ4v) is 3.43. The van der Waals surface area contributed by atoms with Gasteiger partial charge in [0.25, 0.3) is 11.9 Å². The molecule has 2 aromatic heterocycles. The van der Waals surface area contributed by atoms with Crippen LogP contribution < -0.4 is 26.2 Å². The minimum Gasteiger partial charge on any atom is -0.497 e. The van der Waals surface area contributed by atoms with Crippen molar-refractivity contribution < 1.29 is 33.3 Å². The maximum atomic E-state index is 15.8. The lowest BCUT2D eigenvalue weighted by Gasteiger charge is -2.21. The van der Waals surface area contributed by atoms with E-state index < -0.39 is 36.1 Å². The van der Waals surface area contributed by atoms with Crippen molar-refractivity contribution in [2.75, 3.05) is 26.1 Å². The maximum absolute atomic E-state index is 15.8. The van der Waals surface area contributed by atoms with Gasteiger partial charge in [-0.1, -0.05) is 0 Å². The normalized spacial score (nSPS) is 11.0. The highest BCUT2D eigenvalue weighted by molar-refractivity contribution is 5.95. The molecule has 220 valence electrons. The van der Waals surface area contributed by atoms with Gasteiger partial charge in [0.2, 0.25) is 0 Å². The van der Waals surface area contributed by atoms with Crippen molar-refractivity contribution >= 4 is 23.5 Å². The number of aromatic amines is 1. The molecule has 0 aliphatic heterocycles. The van der Waals surface area contributed by atoms with Gasteiger partial charge < -0.3 is 30.4 Å². The number of nitrogens with two attached hydrogens (primary N) is 1. The highest BCUT2D eigenvalue weighted by Crippen LogP contribution is 2.35. The molecule has 0 spiro atoms. The van der Waals surface area contributed by atoms with E-state index in [9.17, 15) is 9.59 Å². The summed E-state index contributed by atoms with van der Waals surface area (Å²) in [5.74, 6) is -2.53. The summed E-state index contributed by atoms with van der Waals surface area (Å²) in [4.78, 5) is 44.0. The van der Waals surface area contributed by atoms with Crippen LogP contribution in [-0.4, -0.2) is 68.4 Å². The third-order valence-corrected chi connectivity index (χ3v) is 5.32. The fraction of sp³-hybridized carbons (Fsp3) is 0.192. The predicted molar refractivity (Wildman–Crippen MR) is 146 cm³/mol. The minimum absolute atomic E-state index is 0.0118. The van der Waals surface area contributed by atoms with Gasteiger partial charge in [0.05, 0.1) is 14.2 Å². The summed E-state index contributed by atoms with van der Waals surface area (Å²) in [6.07, 6.45) is 2.89. The Morgan fingerprint density at radius 2 is 1.83 bits per heavy atom.